The Labute approximate surface area is 175 Å². The molecule has 0 radical (unpaired) electrons. The van der Waals surface area contributed by atoms with Crippen LogP contribution in [0, 0.1) is 23.1 Å². The Hall–Kier alpha value is -3.48. The normalized spacial score (nSPS) is 23.5. The number of amidine groups is 1. The van der Waals surface area contributed by atoms with Gasteiger partial charge < -0.3 is 10.5 Å². The summed E-state index contributed by atoms with van der Waals surface area (Å²) in [6.45, 7) is 2.60. The van der Waals surface area contributed by atoms with Crippen LogP contribution in [0.25, 0.3) is 0 Å². The van der Waals surface area contributed by atoms with E-state index >= 15 is 0 Å². The third kappa shape index (κ3) is 4.35. The second-order valence-corrected chi connectivity index (χ2v) is 7.42. The first-order chi connectivity index (χ1) is 14.5. The Morgan fingerprint density at radius 2 is 2.03 bits per heavy atom. The number of halogens is 4. The van der Waals surface area contributed by atoms with E-state index in [-0.39, 0.29) is 23.2 Å². The quantitative estimate of drug-likeness (QED) is 0.585. The van der Waals surface area contributed by atoms with Crippen LogP contribution in [0.2, 0.25) is 0 Å². The van der Waals surface area contributed by atoms with Gasteiger partial charge in [-0.3, -0.25) is 9.78 Å². The van der Waals surface area contributed by atoms with Gasteiger partial charge in [-0.15, -0.1) is 0 Å². The van der Waals surface area contributed by atoms with Gasteiger partial charge in [0.25, 0.3) is 6.02 Å². The fraction of sp³-hybridized carbons (Fsp3) is 0.333. The molecule has 162 valence electrons. The van der Waals surface area contributed by atoms with Gasteiger partial charge in [-0.25, -0.2) is 9.38 Å². The third-order valence-electron chi connectivity index (χ3n) is 5.37. The summed E-state index contributed by atoms with van der Waals surface area (Å²) in [5.74, 6) is -2.47. The van der Waals surface area contributed by atoms with Crippen molar-refractivity contribution in [1.29, 1.82) is 5.26 Å². The van der Waals surface area contributed by atoms with Crippen LogP contribution in [0.5, 0.6) is 0 Å². The number of ketones is 1. The average molecular weight is 434 g/mol. The predicted molar refractivity (Wildman–Crippen MR) is 102 cm³/mol. The molecule has 0 aliphatic carbocycles. The molecular formula is C21H18F4N4O2. The number of nitrogens with two attached hydrogens (primary N) is 1. The van der Waals surface area contributed by atoms with Crippen molar-refractivity contribution in [2.24, 2.45) is 16.6 Å². The lowest BCUT2D eigenvalue weighted by molar-refractivity contribution is -0.223. The summed E-state index contributed by atoms with van der Waals surface area (Å²) in [4.78, 5) is 20.4. The zero-order valence-electron chi connectivity index (χ0n) is 16.6. The molecule has 1 aromatic carbocycles. The minimum Gasteiger partial charge on any atom is -0.452 e. The molecule has 2 aromatic rings. The highest BCUT2D eigenvalue weighted by Gasteiger charge is 2.55. The number of alkyl halides is 3. The molecule has 31 heavy (non-hydrogen) atoms. The Balaban J connectivity index is 1.95. The fourth-order valence-electron chi connectivity index (χ4n) is 3.51. The van der Waals surface area contributed by atoms with Crippen LogP contribution in [0.4, 0.5) is 17.6 Å². The highest BCUT2D eigenvalue weighted by molar-refractivity contribution is 5.95. The molecule has 0 saturated heterocycles. The van der Waals surface area contributed by atoms with Crippen LogP contribution in [-0.4, -0.2) is 29.1 Å². The Morgan fingerprint density at radius 3 is 2.61 bits per heavy atom. The molecule has 0 saturated carbocycles. The number of nitriles is 1. The molecule has 2 N–H and O–H groups in total. The van der Waals surface area contributed by atoms with Gasteiger partial charge in [0.2, 0.25) is 6.10 Å². The number of pyridine rings is 1. The lowest BCUT2D eigenvalue weighted by Gasteiger charge is -2.41. The van der Waals surface area contributed by atoms with Crippen molar-refractivity contribution >= 4 is 11.8 Å². The van der Waals surface area contributed by atoms with Gasteiger partial charge in [0, 0.05) is 24.1 Å². The number of carbonyl (C=O) groups excluding carboxylic acids is 1. The monoisotopic (exact) mass is 434 g/mol. The van der Waals surface area contributed by atoms with Gasteiger partial charge in [0.1, 0.15) is 17.6 Å². The molecular weight excluding hydrogens is 416 g/mol. The van der Waals surface area contributed by atoms with Gasteiger partial charge in [-0.05, 0) is 36.8 Å². The van der Waals surface area contributed by atoms with Gasteiger partial charge in [-0.1, -0.05) is 13.0 Å². The summed E-state index contributed by atoms with van der Waals surface area (Å²) < 4.78 is 59.6. The van der Waals surface area contributed by atoms with E-state index in [1.807, 2.05) is 6.07 Å². The summed E-state index contributed by atoms with van der Waals surface area (Å²) in [5.41, 5.74) is 4.45. The number of Topliss-reactive ketones (excluding diaryl/α,β-unsaturated/α-hetero) is 1. The van der Waals surface area contributed by atoms with Gasteiger partial charge in [0.05, 0.1) is 11.1 Å². The summed E-state index contributed by atoms with van der Waals surface area (Å²) in [6, 6.07) is 7.78. The predicted octanol–water partition coefficient (Wildman–Crippen LogP) is 3.64. The van der Waals surface area contributed by atoms with Crippen LogP contribution in [0.3, 0.4) is 0 Å². The molecule has 6 nitrogen and oxygen atoms in total. The van der Waals surface area contributed by atoms with Gasteiger partial charge in [0.15, 0.2) is 5.78 Å². The van der Waals surface area contributed by atoms with Crippen LogP contribution < -0.4 is 5.73 Å². The van der Waals surface area contributed by atoms with E-state index in [0.29, 0.717) is 5.56 Å². The van der Waals surface area contributed by atoms with Crippen molar-refractivity contribution in [3.05, 3.63) is 64.7 Å². The molecule has 0 fully saturated rings. The SMILES string of the molecule is C[C@H]1[C@H](C(F)(F)F)OC(N)=N[C@]1(C)c1cc(CC(=O)c2ccc(C#N)cn2)ccc1F. The molecule has 2 heterocycles. The van der Waals surface area contributed by atoms with E-state index in [1.165, 1.54) is 44.3 Å². The Kier molecular flexibility index (Phi) is 5.72. The Morgan fingerprint density at radius 1 is 1.32 bits per heavy atom. The Bertz CT molecular complexity index is 1080. The standard InChI is InChI=1S/C21H18F4N4O2/c1-11-18(21(23,24)25)31-19(27)29-20(11,2)14-7-12(3-5-15(14)22)8-17(30)16-6-4-13(9-26)10-28-16/h3-7,10-11,18H,8H2,1-2H3,(H2,27,29)/t11-,18+,20-/m0/s1. The van der Waals surface area contributed by atoms with Crippen molar-refractivity contribution in [3.63, 3.8) is 0 Å². The van der Waals surface area contributed by atoms with Gasteiger partial charge in [-0.2, -0.15) is 18.4 Å². The summed E-state index contributed by atoms with van der Waals surface area (Å²) in [6.07, 6.45) is -5.91. The summed E-state index contributed by atoms with van der Waals surface area (Å²) >= 11 is 0. The van der Waals surface area contributed by atoms with Crippen LogP contribution in [-0.2, 0) is 16.7 Å². The van der Waals surface area contributed by atoms with Crippen LogP contribution in [0.15, 0.2) is 41.5 Å². The summed E-state index contributed by atoms with van der Waals surface area (Å²) in [5, 5.41) is 8.81. The molecule has 1 aromatic heterocycles. The van der Waals surface area contributed by atoms with Crippen molar-refractivity contribution in [3.8, 4) is 6.07 Å². The highest BCUT2D eigenvalue weighted by atomic mass is 19.4. The number of nitrogens with zero attached hydrogens (tertiary/aromatic N) is 3. The number of hydrogen-bond donors (Lipinski definition) is 1. The zero-order chi connectivity index (χ0) is 23.0. The number of aliphatic imine (C=N–C) groups is 1. The zero-order valence-corrected chi connectivity index (χ0v) is 16.6. The molecule has 1 aliphatic heterocycles. The molecule has 3 rings (SSSR count). The lowest BCUT2D eigenvalue weighted by atomic mass is 9.76. The number of hydrogen-bond acceptors (Lipinski definition) is 6. The van der Waals surface area contributed by atoms with E-state index in [0.717, 1.165) is 6.07 Å². The van der Waals surface area contributed by atoms with Gasteiger partial charge >= 0.3 is 6.18 Å². The topological polar surface area (TPSA) is 101 Å². The van der Waals surface area contributed by atoms with Crippen molar-refractivity contribution in [2.45, 2.75) is 38.1 Å². The summed E-state index contributed by atoms with van der Waals surface area (Å²) in [7, 11) is 0. The first kappa shape index (κ1) is 22.2. The van der Waals surface area contributed by atoms with Crippen LogP contribution >= 0.6 is 0 Å². The first-order valence-electron chi connectivity index (χ1n) is 9.22. The smallest absolute Gasteiger partial charge is 0.425 e. The number of ether oxygens (including phenoxy) is 1. The highest BCUT2D eigenvalue weighted by Crippen LogP contribution is 2.45. The molecule has 0 bridgehead atoms. The largest absolute Gasteiger partial charge is 0.452 e. The van der Waals surface area contributed by atoms with Crippen molar-refractivity contribution in [1.82, 2.24) is 4.98 Å². The van der Waals surface area contributed by atoms with E-state index in [4.69, 9.17) is 11.0 Å². The maximum Gasteiger partial charge on any atom is 0.425 e. The van der Waals surface area contributed by atoms with E-state index < -0.39 is 41.4 Å². The minimum atomic E-state index is -4.73. The second kappa shape index (κ2) is 7.98. The first-order valence-corrected chi connectivity index (χ1v) is 9.22. The maximum absolute atomic E-state index is 14.7. The molecule has 0 unspecified atom stereocenters. The molecule has 0 amide bonds. The number of carbonyl (C=O) groups is 1. The number of rotatable bonds is 4. The van der Waals surface area contributed by atoms with E-state index in [2.05, 4.69) is 14.7 Å². The number of aromatic nitrogens is 1. The molecule has 0 spiro atoms. The van der Waals surface area contributed by atoms with Crippen molar-refractivity contribution in [2.75, 3.05) is 0 Å². The second-order valence-electron chi connectivity index (χ2n) is 7.42. The lowest BCUT2D eigenvalue weighted by Crippen LogP contribution is -2.52. The van der Waals surface area contributed by atoms with Crippen LogP contribution in [0.1, 0.15) is 41.0 Å². The third-order valence-corrected chi connectivity index (χ3v) is 5.37. The van der Waals surface area contributed by atoms with E-state index in [1.54, 1.807) is 0 Å². The van der Waals surface area contributed by atoms with Crippen molar-refractivity contribution < 1.29 is 27.1 Å². The fourth-order valence-corrected chi connectivity index (χ4v) is 3.51. The maximum atomic E-state index is 14.7. The molecule has 3 atom stereocenters. The number of benzene rings is 1. The van der Waals surface area contributed by atoms with E-state index in [9.17, 15) is 22.4 Å². The molecule has 10 heteroatoms. The average Bonchev–Trinajstić information content (AvgIpc) is 2.71. The molecule has 1 aliphatic rings. The minimum absolute atomic E-state index is 0.106.